The number of ketones is 2. The molecule has 0 spiro atoms. The summed E-state index contributed by atoms with van der Waals surface area (Å²) < 4.78 is 6.28. The molecule has 18 heavy (non-hydrogen) atoms. The van der Waals surface area contributed by atoms with Crippen molar-refractivity contribution < 1.29 is 19.1 Å². The largest absolute Gasteiger partial charge is 0.492 e. The lowest BCUT2D eigenvalue weighted by atomic mass is 9.92. The molecule has 1 aromatic rings. The predicted molar refractivity (Wildman–Crippen MR) is 64.2 cm³/mol. The number of halogens is 1. The summed E-state index contributed by atoms with van der Waals surface area (Å²) in [5.74, 6) is -0.897. The minimum absolute atomic E-state index is 0.0185. The number of allylic oxidation sites excluding steroid dienone is 2. The highest BCUT2D eigenvalue weighted by molar-refractivity contribution is 6.36. The summed E-state index contributed by atoms with van der Waals surface area (Å²) in [6.45, 7) is 1.50. The first-order valence-corrected chi connectivity index (χ1v) is 5.51. The molecule has 5 nitrogen and oxygen atoms in total. The Morgan fingerprint density at radius 3 is 2.39 bits per heavy atom. The van der Waals surface area contributed by atoms with Crippen molar-refractivity contribution in [3.8, 4) is 0 Å². The van der Waals surface area contributed by atoms with Crippen LogP contribution in [0.4, 0.5) is 0 Å². The third kappa shape index (κ3) is 1.37. The molecule has 0 radical (unpaired) electrons. The van der Waals surface area contributed by atoms with Gasteiger partial charge >= 0.3 is 0 Å². The number of methoxy groups -OCH3 is 1. The lowest BCUT2D eigenvalue weighted by Crippen LogP contribution is -2.23. The summed E-state index contributed by atoms with van der Waals surface area (Å²) in [5.41, 5.74) is 0.384. The number of hydrogen-bond donors (Lipinski definition) is 0. The third-order valence-electron chi connectivity index (χ3n) is 3.01. The number of aromatic nitrogens is 1. The molecule has 0 aliphatic heterocycles. The fraction of sp³-hybridized carbons (Fsp3) is 0.250. The van der Waals surface area contributed by atoms with Gasteiger partial charge in [0.25, 0.3) is 0 Å². The summed E-state index contributed by atoms with van der Waals surface area (Å²) in [6, 6.07) is 0. The van der Waals surface area contributed by atoms with E-state index in [4.69, 9.17) is 16.3 Å². The highest BCUT2D eigenvalue weighted by Gasteiger charge is 2.37. The van der Waals surface area contributed by atoms with Crippen molar-refractivity contribution in [2.75, 3.05) is 7.11 Å². The van der Waals surface area contributed by atoms with E-state index in [0.29, 0.717) is 6.29 Å². The fourth-order valence-electron chi connectivity index (χ4n) is 2.09. The summed E-state index contributed by atoms with van der Waals surface area (Å²) in [4.78, 5) is 35.4. The fourth-order valence-corrected chi connectivity index (χ4v) is 2.31. The number of Topliss-reactive ketones (excluding diaryl/α,β-unsaturated/α-hetero) is 2. The van der Waals surface area contributed by atoms with Gasteiger partial charge < -0.3 is 9.30 Å². The minimum atomic E-state index is -0.491. The van der Waals surface area contributed by atoms with Crippen molar-refractivity contribution >= 4 is 29.5 Å². The van der Waals surface area contributed by atoms with Gasteiger partial charge in [0.1, 0.15) is 10.8 Å². The Labute approximate surface area is 108 Å². The summed E-state index contributed by atoms with van der Waals surface area (Å²) in [6.07, 6.45) is 0.472. The van der Waals surface area contributed by atoms with Crippen molar-refractivity contribution in [3.63, 3.8) is 0 Å². The third-order valence-corrected chi connectivity index (χ3v) is 3.47. The first kappa shape index (κ1) is 12.6. The molecule has 2 rings (SSSR count). The molecular formula is C12H10ClNO4. The van der Waals surface area contributed by atoms with E-state index >= 15 is 0 Å². The van der Waals surface area contributed by atoms with Gasteiger partial charge in [0, 0.05) is 12.6 Å². The second kappa shape index (κ2) is 4.10. The van der Waals surface area contributed by atoms with Gasteiger partial charge in [-0.05, 0) is 6.92 Å². The first-order chi connectivity index (χ1) is 8.45. The smallest absolute Gasteiger partial charge is 0.231 e. The first-order valence-electron chi connectivity index (χ1n) is 5.13. The van der Waals surface area contributed by atoms with E-state index in [1.54, 1.807) is 0 Å². The molecule has 0 bridgehead atoms. The Morgan fingerprint density at radius 2 is 1.89 bits per heavy atom. The Morgan fingerprint density at radius 1 is 1.28 bits per heavy atom. The quantitative estimate of drug-likeness (QED) is 0.766. The molecule has 0 N–H and O–H groups in total. The van der Waals surface area contributed by atoms with Crippen molar-refractivity contribution in [2.24, 2.45) is 7.05 Å². The highest BCUT2D eigenvalue weighted by Crippen LogP contribution is 2.33. The molecule has 1 aliphatic carbocycles. The van der Waals surface area contributed by atoms with Crippen LogP contribution in [-0.2, 0) is 11.8 Å². The molecular weight excluding hydrogens is 258 g/mol. The van der Waals surface area contributed by atoms with Gasteiger partial charge in [-0.15, -0.1) is 0 Å². The van der Waals surface area contributed by atoms with Crippen molar-refractivity contribution in [3.05, 3.63) is 33.3 Å². The molecule has 0 amide bonds. The van der Waals surface area contributed by atoms with Crippen LogP contribution in [0, 0.1) is 0 Å². The van der Waals surface area contributed by atoms with E-state index in [-0.39, 0.29) is 39.1 Å². The Kier molecular flexibility index (Phi) is 2.86. The topological polar surface area (TPSA) is 65.4 Å². The zero-order valence-electron chi connectivity index (χ0n) is 10.0. The van der Waals surface area contributed by atoms with E-state index < -0.39 is 5.78 Å². The molecule has 0 saturated heterocycles. The lowest BCUT2D eigenvalue weighted by Gasteiger charge is -2.16. The van der Waals surface area contributed by atoms with Crippen LogP contribution >= 0.6 is 11.6 Å². The maximum absolute atomic E-state index is 12.2. The molecule has 0 atom stereocenters. The van der Waals surface area contributed by atoms with Crippen LogP contribution in [0.15, 0.2) is 11.3 Å². The zero-order valence-corrected chi connectivity index (χ0v) is 10.8. The molecule has 1 aromatic heterocycles. The second-order valence-corrected chi connectivity index (χ2v) is 4.28. The van der Waals surface area contributed by atoms with Gasteiger partial charge in [0.05, 0.1) is 18.2 Å². The molecule has 0 fully saturated rings. The number of nitrogens with zero attached hydrogens (tertiary/aromatic N) is 1. The van der Waals surface area contributed by atoms with Crippen molar-refractivity contribution in [1.82, 2.24) is 4.57 Å². The Balaban J connectivity index is 2.85. The van der Waals surface area contributed by atoms with Crippen LogP contribution < -0.4 is 0 Å². The number of ether oxygens (including phenoxy) is 1. The summed E-state index contributed by atoms with van der Waals surface area (Å²) >= 11 is 5.94. The van der Waals surface area contributed by atoms with Crippen LogP contribution in [0.5, 0.6) is 0 Å². The number of aldehydes is 1. The average Bonchev–Trinajstić information content (AvgIpc) is 2.60. The number of rotatable bonds is 2. The minimum Gasteiger partial charge on any atom is -0.492 e. The van der Waals surface area contributed by atoms with Gasteiger partial charge in [0.15, 0.2) is 12.0 Å². The Hall–Kier alpha value is -1.88. The normalized spacial score (nSPS) is 14.9. The predicted octanol–water partition coefficient (Wildman–Crippen LogP) is 1.79. The monoisotopic (exact) mass is 267 g/mol. The number of carbonyl (C=O) groups is 3. The van der Waals surface area contributed by atoms with Crippen molar-refractivity contribution in [1.29, 1.82) is 0 Å². The maximum atomic E-state index is 12.2. The molecule has 94 valence electrons. The zero-order chi connectivity index (χ0) is 13.6. The summed E-state index contributed by atoms with van der Waals surface area (Å²) in [5, 5.41) is 0.0712. The number of fused-ring (bicyclic) bond motifs is 1. The van der Waals surface area contributed by atoms with Crippen LogP contribution in [0.3, 0.4) is 0 Å². The highest BCUT2D eigenvalue weighted by atomic mass is 35.5. The molecule has 0 unspecified atom stereocenters. The van der Waals surface area contributed by atoms with Crippen LogP contribution in [0.25, 0.3) is 0 Å². The molecule has 0 aromatic carbocycles. The molecule has 6 heteroatoms. The van der Waals surface area contributed by atoms with Crippen LogP contribution in [0.1, 0.15) is 38.1 Å². The van der Waals surface area contributed by atoms with E-state index in [2.05, 4.69) is 0 Å². The van der Waals surface area contributed by atoms with E-state index in [1.807, 2.05) is 0 Å². The molecule has 1 aliphatic rings. The van der Waals surface area contributed by atoms with E-state index in [1.165, 1.54) is 25.6 Å². The Bertz CT molecular complexity index is 625. The molecule has 1 heterocycles. The van der Waals surface area contributed by atoms with Gasteiger partial charge in [-0.1, -0.05) is 11.6 Å². The van der Waals surface area contributed by atoms with E-state index in [9.17, 15) is 14.4 Å². The average molecular weight is 268 g/mol. The van der Waals surface area contributed by atoms with Gasteiger partial charge in [-0.2, -0.15) is 0 Å². The molecule has 0 saturated carbocycles. The van der Waals surface area contributed by atoms with Gasteiger partial charge in [0.2, 0.25) is 11.6 Å². The lowest BCUT2D eigenvalue weighted by molar-refractivity contribution is 0.0901. The summed E-state index contributed by atoms with van der Waals surface area (Å²) in [7, 11) is 2.84. The maximum Gasteiger partial charge on any atom is 0.231 e. The number of carbonyl (C=O) groups excluding carboxylic acids is 3. The standard InChI is InChI=1S/C12H10ClNO4/c1-5-9(16)8-7(10(17)11(5)18-3)6(4-15)12(13)14(8)2/h4H,1-3H3. The van der Waals surface area contributed by atoms with Crippen molar-refractivity contribution in [2.45, 2.75) is 6.92 Å². The second-order valence-electron chi connectivity index (χ2n) is 3.92. The van der Waals surface area contributed by atoms with Gasteiger partial charge in [-0.25, -0.2) is 0 Å². The number of hydrogen-bond acceptors (Lipinski definition) is 4. The SMILES string of the molecule is COC1=C(C)C(=O)c2c(c(C=O)c(Cl)n2C)C1=O. The van der Waals surface area contributed by atoms with Crippen LogP contribution in [0.2, 0.25) is 5.15 Å². The van der Waals surface area contributed by atoms with Gasteiger partial charge in [-0.3, -0.25) is 14.4 Å². The van der Waals surface area contributed by atoms with E-state index in [0.717, 1.165) is 0 Å². The van der Waals surface area contributed by atoms with Crippen LogP contribution in [-0.4, -0.2) is 29.5 Å².